The highest BCUT2D eigenvalue weighted by molar-refractivity contribution is 5.90. The maximum atomic E-state index is 13.0. The quantitative estimate of drug-likeness (QED) is 0.465. The molecule has 0 N–H and O–H groups in total. The molecule has 1 aromatic carbocycles. The molecule has 0 unspecified atom stereocenters. The Kier molecular flexibility index (Phi) is 5.35. The van der Waals surface area contributed by atoms with Gasteiger partial charge in [-0.1, -0.05) is 13.3 Å². The van der Waals surface area contributed by atoms with Crippen molar-refractivity contribution in [1.82, 2.24) is 0 Å². The van der Waals surface area contributed by atoms with Crippen LogP contribution in [0.5, 0.6) is 5.75 Å². The van der Waals surface area contributed by atoms with Gasteiger partial charge in [-0.3, -0.25) is 4.79 Å². The topological polar surface area (TPSA) is 78.9 Å². The smallest absolute Gasteiger partial charge is 0.373 e. The zero-order chi connectivity index (χ0) is 19.6. The molecule has 0 aliphatic heterocycles. The summed E-state index contributed by atoms with van der Waals surface area (Å²) in [4.78, 5) is 24.7. The van der Waals surface area contributed by atoms with E-state index in [0.29, 0.717) is 40.2 Å². The minimum absolute atomic E-state index is 0.0420. The number of unbranched alkanes of at least 4 members (excludes halogenated alkanes) is 1. The fraction of sp³-hybridized carbons (Fsp3) is 0.333. The lowest BCUT2D eigenvalue weighted by Crippen LogP contribution is -2.06. The summed E-state index contributed by atoms with van der Waals surface area (Å²) < 4.78 is 21.6. The van der Waals surface area contributed by atoms with Crippen LogP contribution in [0.3, 0.4) is 0 Å². The van der Waals surface area contributed by atoms with E-state index in [-0.39, 0.29) is 11.2 Å². The Balaban J connectivity index is 2.06. The second-order valence-corrected chi connectivity index (χ2v) is 6.32. The molecule has 0 saturated carbocycles. The van der Waals surface area contributed by atoms with Crippen molar-refractivity contribution in [2.45, 2.75) is 33.6 Å². The molecule has 0 fully saturated rings. The van der Waals surface area contributed by atoms with Gasteiger partial charge in [0.25, 0.3) is 0 Å². The molecule has 0 spiro atoms. The van der Waals surface area contributed by atoms with Gasteiger partial charge in [0.15, 0.2) is 0 Å². The number of fused-ring (bicyclic) bond motifs is 1. The van der Waals surface area contributed by atoms with Crippen LogP contribution in [0.1, 0.15) is 41.6 Å². The summed E-state index contributed by atoms with van der Waals surface area (Å²) in [7, 11) is 1.27. The number of hydrogen-bond acceptors (Lipinski definition) is 6. The Morgan fingerprint density at radius 2 is 1.96 bits per heavy atom. The van der Waals surface area contributed by atoms with Crippen molar-refractivity contribution in [3.05, 3.63) is 51.8 Å². The van der Waals surface area contributed by atoms with Crippen LogP contribution in [0.2, 0.25) is 0 Å². The van der Waals surface area contributed by atoms with Crippen LogP contribution in [0.15, 0.2) is 38.1 Å². The minimum atomic E-state index is -0.598. The molecule has 142 valence electrons. The Morgan fingerprint density at radius 1 is 1.19 bits per heavy atom. The lowest BCUT2D eigenvalue weighted by molar-refractivity contribution is 0.0563. The zero-order valence-corrected chi connectivity index (χ0v) is 15.9. The monoisotopic (exact) mass is 370 g/mol. The predicted octanol–water partition coefficient (Wildman–Crippen LogP) is 4.64. The van der Waals surface area contributed by atoms with Crippen LogP contribution >= 0.6 is 0 Å². The predicted molar refractivity (Wildman–Crippen MR) is 101 cm³/mol. The first kappa shape index (κ1) is 18.8. The van der Waals surface area contributed by atoms with E-state index in [2.05, 4.69) is 11.7 Å². The SMILES string of the molecule is CCCCOc1ccc2c(=O)c(-c3cc(C(=O)OC)oc3C)coc2c1C. The maximum absolute atomic E-state index is 13.0. The van der Waals surface area contributed by atoms with Crippen molar-refractivity contribution < 1.29 is 23.1 Å². The summed E-state index contributed by atoms with van der Waals surface area (Å²) in [6, 6.07) is 4.99. The lowest BCUT2D eigenvalue weighted by atomic mass is 10.0. The van der Waals surface area contributed by atoms with Crippen LogP contribution in [-0.4, -0.2) is 19.7 Å². The summed E-state index contributed by atoms with van der Waals surface area (Å²) >= 11 is 0. The number of ether oxygens (including phenoxy) is 2. The van der Waals surface area contributed by atoms with E-state index in [1.807, 2.05) is 6.92 Å². The number of benzene rings is 1. The molecule has 0 amide bonds. The average molecular weight is 370 g/mol. The van der Waals surface area contributed by atoms with Crippen LogP contribution in [0.25, 0.3) is 22.1 Å². The third kappa shape index (κ3) is 3.47. The maximum Gasteiger partial charge on any atom is 0.373 e. The van der Waals surface area contributed by atoms with Gasteiger partial charge in [-0.15, -0.1) is 0 Å². The largest absolute Gasteiger partial charge is 0.493 e. The number of esters is 1. The minimum Gasteiger partial charge on any atom is -0.493 e. The van der Waals surface area contributed by atoms with E-state index >= 15 is 0 Å². The van der Waals surface area contributed by atoms with Crippen LogP contribution in [-0.2, 0) is 4.74 Å². The molecular weight excluding hydrogens is 348 g/mol. The molecule has 0 aliphatic rings. The van der Waals surface area contributed by atoms with E-state index in [9.17, 15) is 9.59 Å². The van der Waals surface area contributed by atoms with E-state index in [4.69, 9.17) is 13.6 Å². The molecule has 2 heterocycles. The van der Waals surface area contributed by atoms with Gasteiger partial charge in [-0.2, -0.15) is 0 Å². The summed E-state index contributed by atoms with van der Waals surface area (Å²) in [5, 5.41) is 0.452. The molecule has 27 heavy (non-hydrogen) atoms. The third-order valence-electron chi connectivity index (χ3n) is 4.49. The number of methoxy groups -OCH3 is 1. The second kappa shape index (κ2) is 7.70. The second-order valence-electron chi connectivity index (χ2n) is 6.32. The van der Waals surface area contributed by atoms with Crippen LogP contribution in [0.4, 0.5) is 0 Å². The molecule has 3 aromatic rings. The molecular formula is C21H22O6. The highest BCUT2D eigenvalue weighted by Crippen LogP contribution is 2.30. The van der Waals surface area contributed by atoms with Crippen molar-refractivity contribution in [1.29, 1.82) is 0 Å². The molecule has 0 saturated heterocycles. The first-order valence-electron chi connectivity index (χ1n) is 8.85. The first-order chi connectivity index (χ1) is 13.0. The summed E-state index contributed by atoms with van der Waals surface area (Å²) in [5.41, 5.74) is 1.92. The number of hydrogen-bond donors (Lipinski definition) is 0. The van der Waals surface area contributed by atoms with Crippen molar-refractivity contribution in [2.75, 3.05) is 13.7 Å². The fourth-order valence-corrected chi connectivity index (χ4v) is 2.94. The number of aryl methyl sites for hydroxylation is 2. The van der Waals surface area contributed by atoms with Gasteiger partial charge in [-0.25, -0.2) is 4.79 Å². The van der Waals surface area contributed by atoms with E-state index in [1.165, 1.54) is 19.4 Å². The zero-order valence-electron chi connectivity index (χ0n) is 15.9. The van der Waals surface area contributed by atoms with Crippen molar-refractivity contribution >= 4 is 16.9 Å². The summed E-state index contributed by atoms with van der Waals surface area (Å²) in [5.74, 6) is 0.595. The highest BCUT2D eigenvalue weighted by Gasteiger charge is 2.20. The number of rotatable bonds is 6. The molecule has 0 aliphatic carbocycles. The molecule has 3 rings (SSSR count). The first-order valence-corrected chi connectivity index (χ1v) is 8.85. The van der Waals surface area contributed by atoms with E-state index in [1.54, 1.807) is 19.1 Å². The fourth-order valence-electron chi connectivity index (χ4n) is 2.94. The Morgan fingerprint density at radius 3 is 2.67 bits per heavy atom. The Bertz CT molecular complexity index is 1040. The summed E-state index contributed by atoms with van der Waals surface area (Å²) in [6.07, 6.45) is 3.40. The van der Waals surface area contributed by atoms with Gasteiger partial charge in [0.2, 0.25) is 11.2 Å². The van der Waals surface area contributed by atoms with Gasteiger partial charge >= 0.3 is 5.97 Å². The molecule has 6 heteroatoms. The molecule has 6 nitrogen and oxygen atoms in total. The van der Waals surface area contributed by atoms with Crippen molar-refractivity contribution in [3.63, 3.8) is 0 Å². The van der Waals surface area contributed by atoms with Gasteiger partial charge in [-0.05, 0) is 38.5 Å². The highest BCUT2D eigenvalue weighted by atomic mass is 16.5. The van der Waals surface area contributed by atoms with E-state index < -0.39 is 5.97 Å². The Labute approximate surface area is 156 Å². The number of carbonyl (C=O) groups excluding carboxylic acids is 1. The summed E-state index contributed by atoms with van der Waals surface area (Å²) in [6.45, 7) is 6.27. The van der Waals surface area contributed by atoms with Crippen LogP contribution < -0.4 is 10.2 Å². The van der Waals surface area contributed by atoms with Gasteiger partial charge in [0.1, 0.15) is 23.4 Å². The van der Waals surface area contributed by atoms with Crippen LogP contribution in [0, 0.1) is 13.8 Å². The molecule has 0 bridgehead atoms. The third-order valence-corrected chi connectivity index (χ3v) is 4.49. The molecule has 0 atom stereocenters. The van der Waals surface area contributed by atoms with Gasteiger partial charge in [0.05, 0.1) is 24.7 Å². The van der Waals surface area contributed by atoms with Crippen molar-refractivity contribution in [3.8, 4) is 16.9 Å². The number of furan rings is 1. The van der Waals surface area contributed by atoms with Crippen molar-refractivity contribution in [2.24, 2.45) is 0 Å². The lowest BCUT2D eigenvalue weighted by Gasteiger charge is -2.10. The normalized spacial score (nSPS) is 11.0. The molecule has 0 radical (unpaired) electrons. The van der Waals surface area contributed by atoms with E-state index in [0.717, 1.165) is 18.4 Å². The standard InChI is InChI=1S/C21H22O6/c1-5-6-9-25-17-8-7-14-19(22)16(11-26-20(14)12(17)2)15-10-18(21(23)24-4)27-13(15)3/h7-8,10-11H,5-6,9H2,1-4H3. The Hall–Kier alpha value is -3.02. The number of carbonyl (C=O) groups is 1. The average Bonchev–Trinajstić information content (AvgIpc) is 3.05. The molecule has 2 aromatic heterocycles. The van der Waals surface area contributed by atoms with Gasteiger partial charge in [0, 0.05) is 11.1 Å². The van der Waals surface area contributed by atoms with Gasteiger partial charge < -0.3 is 18.3 Å².